The highest BCUT2D eigenvalue weighted by atomic mass is 35.5. The van der Waals surface area contributed by atoms with Gasteiger partial charge >= 0.3 is 0 Å². The number of hydrogen-bond acceptors (Lipinski definition) is 2. The van der Waals surface area contributed by atoms with Gasteiger partial charge in [-0.05, 0) is 30.2 Å². The minimum absolute atomic E-state index is 0.157. The highest BCUT2D eigenvalue weighted by Crippen LogP contribution is 2.32. The fourth-order valence-corrected chi connectivity index (χ4v) is 2.58. The van der Waals surface area contributed by atoms with Gasteiger partial charge in [0.2, 0.25) is 0 Å². The number of likely N-dealkylation sites (N-methyl/N-ethyl adjacent to an activating group) is 1. The van der Waals surface area contributed by atoms with Gasteiger partial charge in [0.25, 0.3) is 0 Å². The van der Waals surface area contributed by atoms with Crippen LogP contribution in [0.15, 0.2) is 18.2 Å². The summed E-state index contributed by atoms with van der Waals surface area (Å²) in [6.07, 6.45) is 0. The first kappa shape index (κ1) is 13.7. The summed E-state index contributed by atoms with van der Waals surface area (Å²) in [4.78, 5) is 4.74. The third-order valence-electron chi connectivity index (χ3n) is 3.66. The highest BCUT2D eigenvalue weighted by Gasteiger charge is 2.19. The highest BCUT2D eigenvalue weighted by molar-refractivity contribution is 6.33. The lowest BCUT2D eigenvalue weighted by Crippen LogP contribution is -2.44. The van der Waals surface area contributed by atoms with Crippen molar-refractivity contribution < 1.29 is 0 Å². The van der Waals surface area contributed by atoms with Crippen LogP contribution in [-0.4, -0.2) is 38.1 Å². The van der Waals surface area contributed by atoms with Gasteiger partial charge in [0, 0.05) is 26.2 Å². The minimum atomic E-state index is 0.157. The molecule has 1 aliphatic rings. The Morgan fingerprint density at radius 2 is 1.67 bits per heavy atom. The molecule has 2 nitrogen and oxygen atoms in total. The van der Waals surface area contributed by atoms with Gasteiger partial charge in [-0.25, -0.2) is 0 Å². The Labute approximate surface area is 116 Å². The van der Waals surface area contributed by atoms with Crippen LogP contribution in [0.5, 0.6) is 0 Å². The van der Waals surface area contributed by atoms with E-state index < -0.39 is 0 Å². The van der Waals surface area contributed by atoms with Gasteiger partial charge in [0.1, 0.15) is 0 Å². The first-order valence-electron chi connectivity index (χ1n) is 6.61. The molecule has 3 heteroatoms. The molecule has 0 atom stereocenters. The van der Waals surface area contributed by atoms with E-state index in [9.17, 15) is 0 Å². The predicted octanol–water partition coefficient (Wildman–Crippen LogP) is 3.39. The summed E-state index contributed by atoms with van der Waals surface area (Å²) in [6, 6.07) is 6.50. The monoisotopic (exact) mass is 266 g/mol. The van der Waals surface area contributed by atoms with E-state index in [1.54, 1.807) is 0 Å². The predicted molar refractivity (Wildman–Crippen MR) is 79.9 cm³/mol. The van der Waals surface area contributed by atoms with Crippen molar-refractivity contribution in [2.75, 3.05) is 38.1 Å². The zero-order valence-electron chi connectivity index (χ0n) is 11.8. The van der Waals surface area contributed by atoms with Crippen LogP contribution in [0, 0.1) is 0 Å². The minimum Gasteiger partial charge on any atom is -0.368 e. The molecule has 1 aromatic rings. The molecular formula is C15H23ClN2. The summed E-state index contributed by atoms with van der Waals surface area (Å²) in [6.45, 7) is 11.0. The molecule has 1 aliphatic heterocycles. The van der Waals surface area contributed by atoms with Gasteiger partial charge in [-0.15, -0.1) is 0 Å². The van der Waals surface area contributed by atoms with E-state index in [2.05, 4.69) is 55.8 Å². The molecule has 2 rings (SSSR count). The van der Waals surface area contributed by atoms with Gasteiger partial charge < -0.3 is 9.80 Å². The van der Waals surface area contributed by atoms with E-state index in [1.807, 2.05) is 0 Å². The Morgan fingerprint density at radius 3 is 2.17 bits per heavy atom. The van der Waals surface area contributed by atoms with Crippen molar-refractivity contribution in [2.45, 2.75) is 26.2 Å². The Hall–Kier alpha value is -0.730. The molecular weight excluding hydrogens is 244 g/mol. The van der Waals surface area contributed by atoms with Crippen molar-refractivity contribution in [1.29, 1.82) is 0 Å². The molecule has 0 aliphatic carbocycles. The normalized spacial score (nSPS) is 18.2. The fraction of sp³-hybridized carbons (Fsp3) is 0.600. The quantitative estimate of drug-likeness (QED) is 0.769. The summed E-state index contributed by atoms with van der Waals surface area (Å²) in [5.41, 5.74) is 2.63. The maximum atomic E-state index is 6.45. The average molecular weight is 267 g/mol. The van der Waals surface area contributed by atoms with E-state index in [4.69, 9.17) is 11.6 Å². The van der Waals surface area contributed by atoms with Crippen molar-refractivity contribution >= 4 is 17.3 Å². The Balaban J connectivity index is 2.20. The first-order valence-corrected chi connectivity index (χ1v) is 6.99. The van der Waals surface area contributed by atoms with Crippen LogP contribution in [-0.2, 0) is 5.41 Å². The molecule has 0 aromatic heterocycles. The molecule has 0 saturated carbocycles. The molecule has 0 unspecified atom stereocenters. The summed E-state index contributed by atoms with van der Waals surface area (Å²) in [7, 11) is 2.17. The number of nitrogens with zero attached hydrogens (tertiary/aromatic N) is 2. The zero-order valence-corrected chi connectivity index (χ0v) is 12.6. The lowest BCUT2D eigenvalue weighted by Gasteiger charge is -2.35. The first-order chi connectivity index (χ1) is 8.38. The van der Waals surface area contributed by atoms with E-state index in [0.717, 1.165) is 31.2 Å². The smallest absolute Gasteiger partial charge is 0.0642 e. The van der Waals surface area contributed by atoms with E-state index >= 15 is 0 Å². The van der Waals surface area contributed by atoms with Crippen molar-refractivity contribution in [3.8, 4) is 0 Å². The van der Waals surface area contributed by atoms with E-state index in [0.29, 0.717) is 0 Å². The number of rotatable bonds is 1. The topological polar surface area (TPSA) is 6.48 Å². The Kier molecular flexibility index (Phi) is 3.88. The second-order valence-corrected chi connectivity index (χ2v) is 6.61. The molecule has 18 heavy (non-hydrogen) atoms. The van der Waals surface area contributed by atoms with Gasteiger partial charge in [0.05, 0.1) is 10.7 Å². The Morgan fingerprint density at radius 1 is 1.06 bits per heavy atom. The molecule has 0 amide bonds. The second-order valence-electron chi connectivity index (χ2n) is 6.21. The molecule has 1 aromatic carbocycles. The molecule has 0 radical (unpaired) electrons. The third kappa shape index (κ3) is 2.99. The maximum absolute atomic E-state index is 6.45. The molecule has 100 valence electrons. The van der Waals surface area contributed by atoms with Gasteiger partial charge in [-0.3, -0.25) is 0 Å². The summed E-state index contributed by atoms with van der Waals surface area (Å²) in [5.74, 6) is 0. The number of piperazine rings is 1. The third-order valence-corrected chi connectivity index (χ3v) is 3.96. The average Bonchev–Trinajstić information content (AvgIpc) is 2.29. The van der Waals surface area contributed by atoms with Crippen molar-refractivity contribution in [3.63, 3.8) is 0 Å². The van der Waals surface area contributed by atoms with E-state index in [1.165, 1.54) is 11.3 Å². The molecule has 1 heterocycles. The summed E-state index contributed by atoms with van der Waals surface area (Å²) < 4.78 is 0. The lowest BCUT2D eigenvalue weighted by atomic mass is 9.87. The Bertz CT molecular complexity index is 415. The van der Waals surface area contributed by atoms with Gasteiger partial charge in [-0.1, -0.05) is 38.4 Å². The molecule has 1 fully saturated rings. The van der Waals surface area contributed by atoms with Crippen LogP contribution < -0.4 is 4.90 Å². The molecule has 0 spiro atoms. The maximum Gasteiger partial charge on any atom is 0.0642 e. The molecule has 0 bridgehead atoms. The van der Waals surface area contributed by atoms with Crippen molar-refractivity contribution in [2.24, 2.45) is 0 Å². The van der Waals surface area contributed by atoms with Crippen molar-refractivity contribution in [3.05, 3.63) is 28.8 Å². The zero-order chi connectivity index (χ0) is 13.3. The number of anilines is 1. The van der Waals surface area contributed by atoms with Crippen LogP contribution in [0.3, 0.4) is 0 Å². The summed E-state index contributed by atoms with van der Waals surface area (Å²) in [5, 5.41) is 0.881. The summed E-state index contributed by atoms with van der Waals surface area (Å²) >= 11 is 6.45. The number of benzene rings is 1. The fourth-order valence-electron chi connectivity index (χ4n) is 2.28. The van der Waals surface area contributed by atoms with E-state index in [-0.39, 0.29) is 5.41 Å². The van der Waals surface area contributed by atoms with Crippen LogP contribution >= 0.6 is 11.6 Å². The van der Waals surface area contributed by atoms with Gasteiger partial charge in [-0.2, -0.15) is 0 Å². The van der Waals surface area contributed by atoms with Crippen molar-refractivity contribution in [1.82, 2.24) is 4.90 Å². The second kappa shape index (κ2) is 5.10. The van der Waals surface area contributed by atoms with Crippen LogP contribution in [0.2, 0.25) is 5.02 Å². The molecule has 0 N–H and O–H groups in total. The standard InChI is InChI=1S/C15H23ClN2/c1-15(2,3)12-5-6-14(13(16)11-12)18-9-7-17(4)8-10-18/h5-6,11H,7-10H2,1-4H3. The number of hydrogen-bond donors (Lipinski definition) is 0. The van der Waals surface area contributed by atoms with Crippen LogP contribution in [0.25, 0.3) is 0 Å². The molecule has 1 saturated heterocycles. The van der Waals surface area contributed by atoms with Crippen LogP contribution in [0.1, 0.15) is 26.3 Å². The number of halogens is 1. The van der Waals surface area contributed by atoms with Gasteiger partial charge in [0.15, 0.2) is 0 Å². The van der Waals surface area contributed by atoms with Crippen LogP contribution in [0.4, 0.5) is 5.69 Å². The lowest BCUT2D eigenvalue weighted by molar-refractivity contribution is 0.313. The largest absolute Gasteiger partial charge is 0.368 e. The SMILES string of the molecule is CN1CCN(c2ccc(C(C)(C)C)cc2Cl)CC1.